The molecule has 0 saturated carbocycles. The maximum absolute atomic E-state index is 11.5. The molecule has 0 aliphatic carbocycles. The Bertz CT molecular complexity index is 374. The number of amides is 1. The molecule has 3 nitrogen and oxygen atoms in total. The van der Waals surface area contributed by atoms with E-state index in [0.29, 0.717) is 18.8 Å². The van der Waals surface area contributed by atoms with Gasteiger partial charge in [-0.3, -0.25) is 4.79 Å². The maximum atomic E-state index is 11.5. The molecule has 0 heterocycles. The van der Waals surface area contributed by atoms with Crippen molar-refractivity contribution in [3.8, 4) is 0 Å². The Labute approximate surface area is 117 Å². The Balaban J connectivity index is 2.12. The van der Waals surface area contributed by atoms with Crippen molar-refractivity contribution < 1.29 is 4.79 Å². The van der Waals surface area contributed by atoms with E-state index in [1.54, 1.807) is 11.8 Å². The molecule has 5 heteroatoms. The van der Waals surface area contributed by atoms with Crippen LogP contribution < -0.4 is 11.1 Å². The van der Waals surface area contributed by atoms with Gasteiger partial charge in [0.25, 0.3) is 0 Å². The van der Waals surface area contributed by atoms with E-state index in [4.69, 9.17) is 17.3 Å². The third-order valence-electron chi connectivity index (χ3n) is 2.34. The Hall–Kier alpha value is -0.710. The van der Waals surface area contributed by atoms with Gasteiger partial charge in [-0.25, -0.2) is 0 Å². The van der Waals surface area contributed by atoms with Crippen molar-refractivity contribution >= 4 is 29.3 Å². The van der Waals surface area contributed by atoms with Gasteiger partial charge in [0.2, 0.25) is 5.91 Å². The average Bonchev–Trinajstić information content (AvgIpc) is 2.35. The second-order valence-electron chi connectivity index (χ2n) is 3.97. The van der Waals surface area contributed by atoms with E-state index in [-0.39, 0.29) is 5.91 Å². The zero-order valence-corrected chi connectivity index (χ0v) is 11.9. The summed E-state index contributed by atoms with van der Waals surface area (Å²) in [6.07, 6.45) is 1.90. The molecule has 1 aromatic carbocycles. The van der Waals surface area contributed by atoms with Crippen LogP contribution in [-0.4, -0.2) is 24.7 Å². The molecular formula is C13H19ClN2OS. The molecule has 0 aliphatic heterocycles. The first-order valence-corrected chi connectivity index (χ1v) is 7.54. The van der Waals surface area contributed by atoms with Crippen molar-refractivity contribution in [3.63, 3.8) is 0 Å². The SMILES string of the molecule is NCCCCNC(=O)CSCc1cccc(Cl)c1. The van der Waals surface area contributed by atoms with Crippen LogP contribution in [-0.2, 0) is 10.5 Å². The van der Waals surface area contributed by atoms with Crippen LogP contribution in [0.3, 0.4) is 0 Å². The highest BCUT2D eigenvalue weighted by molar-refractivity contribution is 7.99. The molecule has 0 fully saturated rings. The van der Waals surface area contributed by atoms with Crippen LogP contribution in [0.1, 0.15) is 18.4 Å². The van der Waals surface area contributed by atoms with Crippen LogP contribution in [0.4, 0.5) is 0 Å². The van der Waals surface area contributed by atoms with E-state index < -0.39 is 0 Å². The minimum atomic E-state index is 0.0825. The normalized spacial score (nSPS) is 10.3. The minimum absolute atomic E-state index is 0.0825. The smallest absolute Gasteiger partial charge is 0.230 e. The Morgan fingerprint density at radius 2 is 2.22 bits per heavy atom. The first kappa shape index (κ1) is 15.3. The summed E-state index contributed by atoms with van der Waals surface area (Å²) < 4.78 is 0. The van der Waals surface area contributed by atoms with Crippen molar-refractivity contribution in [1.82, 2.24) is 5.32 Å². The number of hydrogen-bond acceptors (Lipinski definition) is 3. The highest BCUT2D eigenvalue weighted by Gasteiger charge is 2.01. The highest BCUT2D eigenvalue weighted by atomic mass is 35.5. The molecule has 0 saturated heterocycles. The van der Waals surface area contributed by atoms with Gasteiger partial charge in [0.1, 0.15) is 0 Å². The van der Waals surface area contributed by atoms with Gasteiger partial charge in [0.15, 0.2) is 0 Å². The number of rotatable bonds is 8. The molecule has 0 spiro atoms. The van der Waals surface area contributed by atoms with Crippen LogP contribution in [0.15, 0.2) is 24.3 Å². The lowest BCUT2D eigenvalue weighted by molar-refractivity contribution is -0.118. The van der Waals surface area contributed by atoms with Crippen LogP contribution in [0.25, 0.3) is 0 Å². The van der Waals surface area contributed by atoms with E-state index in [1.165, 1.54) is 0 Å². The van der Waals surface area contributed by atoms with Crippen molar-refractivity contribution in [2.45, 2.75) is 18.6 Å². The van der Waals surface area contributed by atoms with E-state index in [9.17, 15) is 4.79 Å². The predicted molar refractivity (Wildman–Crippen MR) is 78.9 cm³/mol. The highest BCUT2D eigenvalue weighted by Crippen LogP contribution is 2.16. The molecule has 0 atom stereocenters. The molecule has 0 bridgehead atoms. The number of nitrogens with one attached hydrogen (secondary N) is 1. The number of halogens is 1. The molecule has 0 radical (unpaired) electrons. The monoisotopic (exact) mass is 286 g/mol. The Morgan fingerprint density at radius 3 is 2.94 bits per heavy atom. The number of thioether (sulfide) groups is 1. The van der Waals surface area contributed by atoms with Gasteiger partial charge in [-0.1, -0.05) is 23.7 Å². The molecule has 0 aromatic heterocycles. The van der Waals surface area contributed by atoms with Crippen LogP contribution >= 0.6 is 23.4 Å². The lowest BCUT2D eigenvalue weighted by atomic mass is 10.2. The lowest BCUT2D eigenvalue weighted by Crippen LogP contribution is -2.26. The summed E-state index contributed by atoms with van der Waals surface area (Å²) in [6, 6.07) is 7.71. The number of hydrogen-bond donors (Lipinski definition) is 2. The lowest BCUT2D eigenvalue weighted by Gasteiger charge is -2.05. The minimum Gasteiger partial charge on any atom is -0.355 e. The van der Waals surface area contributed by atoms with Crippen molar-refractivity contribution in [2.24, 2.45) is 5.73 Å². The Kier molecular flexibility index (Phi) is 7.89. The first-order valence-electron chi connectivity index (χ1n) is 6.01. The molecule has 1 aromatic rings. The van der Waals surface area contributed by atoms with Crippen LogP contribution in [0, 0.1) is 0 Å². The average molecular weight is 287 g/mol. The number of benzene rings is 1. The molecule has 18 heavy (non-hydrogen) atoms. The molecule has 100 valence electrons. The summed E-state index contributed by atoms with van der Waals surface area (Å²) in [5, 5.41) is 3.61. The standard InChI is InChI=1S/C13H19ClN2OS/c14-12-5-3-4-11(8-12)9-18-10-13(17)16-7-2-1-6-15/h3-5,8H,1-2,6-7,9-10,15H2,(H,16,17). The number of carbonyl (C=O) groups is 1. The zero-order chi connectivity index (χ0) is 13.2. The quantitative estimate of drug-likeness (QED) is 0.722. The predicted octanol–water partition coefficient (Wildman–Crippen LogP) is 2.43. The number of nitrogens with two attached hydrogens (primary N) is 1. The van der Waals surface area contributed by atoms with Gasteiger partial charge in [0, 0.05) is 17.3 Å². The van der Waals surface area contributed by atoms with Gasteiger partial charge in [-0.05, 0) is 37.1 Å². The Morgan fingerprint density at radius 1 is 1.39 bits per heavy atom. The van der Waals surface area contributed by atoms with Gasteiger partial charge >= 0.3 is 0 Å². The van der Waals surface area contributed by atoms with Crippen molar-refractivity contribution in [1.29, 1.82) is 0 Å². The largest absolute Gasteiger partial charge is 0.355 e. The van der Waals surface area contributed by atoms with Gasteiger partial charge in [-0.15, -0.1) is 11.8 Å². The molecule has 1 amide bonds. The van der Waals surface area contributed by atoms with E-state index in [1.807, 2.05) is 24.3 Å². The molecule has 3 N–H and O–H groups in total. The van der Waals surface area contributed by atoms with Crippen LogP contribution in [0.5, 0.6) is 0 Å². The summed E-state index contributed by atoms with van der Waals surface area (Å²) in [4.78, 5) is 11.5. The summed E-state index contributed by atoms with van der Waals surface area (Å²) in [5.74, 6) is 1.37. The third kappa shape index (κ3) is 6.89. The van der Waals surface area contributed by atoms with E-state index >= 15 is 0 Å². The second-order valence-corrected chi connectivity index (χ2v) is 5.39. The summed E-state index contributed by atoms with van der Waals surface area (Å²) in [5.41, 5.74) is 6.52. The first-order chi connectivity index (χ1) is 8.72. The fourth-order valence-electron chi connectivity index (χ4n) is 1.44. The molecule has 0 aliphatic rings. The zero-order valence-electron chi connectivity index (χ0n) is 10.3. The van der Waals surface area contributed by atoms with Crippen molar-refractivity contribution in [3.05, 3.63) is 34.9 Å². The maximum Gasteiger partial charge on any atom is 0.230 e. The van der Waals surface area contributed by atoms with E-state index in [2.05, 4.69) is 5.32 Å². The molecule has 0 unspecified atom stereocenters. The van der Waals surface area contributed by atoms with Gasteiger partial charge in [0.05, 0.1) is 5.75 Å². The summed E-state index contributed by atoms with van der Waals surface area (Å²) in [6.45, 7) is 1.40. The van der Waals surface area contributed by atoms with Gasteiger partial charge < -0.3 is 11.1 Å². The summed E-state index contributed by atoms with van der Waals surface area (Å²) >= 11 is 7.48. The van der Waals surface area contributed by atoms with E-state index in [0.717, 1.165) is 29.2 Å². The molecule has 1 rings (SSSR count). The fraction of sp³-hybridized carbons (Fsp3) is 0.462. The second kappa shape index (κ2) is 9.25. The molecular weight excluding hydrogens is 268 g/mol. The summed E-state index contributed by atoms with van der Waals surface area (Å²) in [7, 11) is 0. The van der Waals surface area contributed by atoms with Crippen molar-refractivity contribution in [2.75, 3.05) is 18.8 Å². The third-order valence-corrected chi connectivity index (χ3v) is 3.58. The van der Waals surface area contributed by atoms with Gasteiger partial charge in [-0.2, -0.15) is 0 Å². The topological polar surface area (TPSA) is 55.1 Å². The van der Waals surface area contributed by atoms with Crippen LogP contribution in [0.2, 0.25) is 5.02 Å². The number of unbranched alkanes of at least 4 members (excludes halogenated alkanes) is 1. The number of carbonyl (C=O) groups excluding carboxylic acids is 1. The fourth-order valence-corrected chi connectivity index (χ4v) is 2.45.